The Balaban J connectivity index is 1.90. The van der Waals surface area contributed by atoms with Crippen molar-refractivity contribution in [2.75, 3.05) is 23.3 Å². The number of aryl methyl sites for hydroxylation is 2. The summed E-state index contributed by atoms with van der Waals surface area (Å²) in [5, 5.41) is 2.68. The highest BCUT2D eigenvalue weighted by molar-refractivity contribution is 7.92. The number of hydrogen-bond acceptors (Lipinski definition) is 5. The zero-order chi connectivity index (χ0) is 23.3. The number of hydrogen-bond donors (Lipinski definition) is 1. The van der Waals surface area contributed by atoms with Crippen LogP contribution in [0, 0.1) is 13.8 Å². The van der Waals surface area contributed by atoms with E-state index < -0.39 is 28.4 Å². The van der Waals surface area contributed by atoms with Crippen LogP contribution in [0.15, 0.2) is 77.7 Å². The number of nitrogens with zero attached hydrogens (tertiary/aromatic N) is 1. The molecule has 3 aromatic carbocycles. The van der Waals surface area contributed by atoms with E-state index in [1.807, 2.05) is 19.9 Å². The van der Waals surface area contributed by atoms with Gasteiger partial charge in [-0.2, -0.15) is 0 Å². The van der Waals surface area contributed by atoms with Gasteiger partial charge in [0, 0.05) is 5.69 Å². The van der Waals surface area contributed by atoms with Crippen molar-refractivity contribution in [2.45, 2.75) is 18.7 Å². The molecule has 3 aromatic rings. The standard InChI is InChI=1S/C24H24N2O5S/c1-17-13-18(2)15-21(14-17)26(32(29,30)22-7-5-4-6-8-22)16-23(27)25-20-11-9-19(10-12-20)24(28)31-3/h4-15H,16H2,1-3H3,(H,25,27). The predicted octanol–water partition coefficient (Wildman–Crippen LogP) is 3.92. The molecular formula is C24H24N2O5S. The van der Waals surface area contributed by atoms with Gasteiger partial charge in [-0.3, -0.25) is 9.10 Å². The van der Waals surface area contributed by atoms with E-state index in [0.29, 0.717) is 16.9 Å². The highest BCUT2D eigenvalue weighted by atomic mass is 32.2. The maximum Gasteiger partial charge on any atom is 0.337 e. The highest BCUT2D eigenvalue weighted by Crippen LogP contribution is 2.26. The Hall–Kier alpha value is -3.65. The first kappa shape index (κ1) is 23.0. The minimum Gasteiger partial charge on any atom is -0.465 e. The van der Waals surface area contributed by atoms with Crippen molar-refractivity contribution in [3.63, 3.8) is 0 Å². The van der Waals surface area contributed by atoms with Crippen molar-refractivity contribution in [3.05, 3.63) is 89.5 Å². The van der Waals surface area contributed by atoms with Crippen LogP contribution >= 0.6 is 0 Å². The fraction of sp³-hybridized carbons (Fsp3) is 0.167. The van der Waals surface area contributed by atoms with E-state index in [-0.39, 0.29) is 4.90 Å². The minimum atomic E-state index is -3.99. The molecule has 0 aliphatic carbocycles. The fourth-order valence-electron chi connectivity index (χ4n) is 3.27. The molecule has 0 bridgehead atoms. The van der Waals surface area contributed by atoms with Crippen LogP contribution in [0.4, 0.5) is 11.4 Å². The minimum absolute atomic E-state index is 0.0920. The Kier molecular flexibility index (Phi) is 6.95. The topological polar surface area (TPSA) is 92.8 Å². The van der Waals surface area contributed by atoms with Crippen LogP contribution in [0.3, 0.4) is 0 Å². The second-order valence-electron chi connectivity index (χ2n) is 7.29. The van der Waals surface area contributed by atoms with Crippen molar-refractivity contribution >= 4 is 33.3 Å². The first-order valence-electron chi connectivity index (χ1n) is 9.85. The maximum absolute atomic E-state index is 13.4. The molecule has 32 heavy (non-hydrogen) atoms. The summed E-state index contributed by atoms with van der Waals surface area (Å²) in [5.74, 6) is -1.01. The van der Waals surface area contributed by atoms with Crippen LogP contribution in [0.5, 0.6) is 0 Å². The predicted molar refractivity (Wildman–Crippen MR) is 123 cm³/mol. The summed E-state index contributed by atoms with van der Waals surface area (Å²) < 4.78 is 32.5. The van der Waals surface area contributed by atoms with E-state index in [1.54, 1.807) is 42.5 Å². The lowest BCUT2D eigenvalue weighted by molar-refractivity contribution is -0.114. The molecular weight excluding hydrogens is 428 g/mol. The molecule has 0 saturated carbocycles. The Bertz CT molecular complexity index is 1200. The van der Waals surface area contributed by atoms with Gasteiger partial charge in [0.1, 0.15) is 6.54 Å². The van der Waals surface area contributed by atoms with Gasteiger partial charge >= 0.3 is 5.97 Å². The van der Waals surface area contributed by atoms with Gasteiger partial charge in [-0.25, -0.2) is 13.2 Å². The molecule has 0 aromatic heterocycles. The second kappa shape index (κ2) is 9.65. The number of sulfonamides is 1. The third-order valence-corrected chi connectivity index (χ3v) is 6.49. The molecule has 1 amide bonds. The Morgan fingerprint density at radius 3 is 2.06 bits per heavy atom. The van der Waals surface area contributed by atoms with Crippen LogP contribution in [0.25, 0.3) is 0 Å². The van der Waals surface area contributed by atoms with Crippen molar-refractivity contribution in [2.24, 2.45) is 0 Å². The van der Waals surface area contributed by atoms with E-state index in [2.05, 4.69) is 10.1 Å². The Labute approximate surface area is 187 Å². The third kappa shape index (κ3) is 5.33. The van der Waals surface area contributed by atoms with Crippen molar-refractivity contribution in [3.8, 4) is 0 Å². The lowest BCUT2D eigenvalue weighted by Crippen LogP contribution is -2.38. The molecule has 7 nitrogen and oxygen atoms in total. The summed E-state index contributed by atoms with van der Waals surface area (Å²) >= 11 is 0. The van der Waals surface area contributed by atoms with Gasteiger partial charge in [-0.1, -0.05) is 24.3 Å². The summed E-state index contributed by atoms with van der Waals surface area (Å²) in [5.41, 5.74) is 2.94. The third-order valence-electron chi connectivity index (χ3n) is 4.70. The lowest BCUT2D eigenvalue weighted by Gasteiger charge is -2.25. The number of carbonyl (C=O) groups excluding carboxylic acids is 2. The Morgan fingerprint density at radius 1 is 0.906 bits per heavy atom. The van der Waals surface area contributed by atoms with Gasteiger partial charge in [-0.05, 0) is 73.5 Å². The van der Waals surface area contributed by atoms with Gasteiger partial charge < -0.3 is 10.1 Å². The summed E-state index contributed by atoms with van der Waals surface area (Å²) in [6, 6.07) is 19.5. The van der Waals surface area contributed by atoms with E-state index >= 15 is 0 Å². The first-order valence-corrected chi connectivity index (χ1v) is 11.3. The molecule has 0 fully saturated rings. The molecule has 0 saturated heterocycles. The highest BCUT2D eigenvalue weighted by Gasteiger charge is 2.27. The normalized spacial score (nSPS) is 11.0. The van der Waals surface area contributed by atoms with Crippen LogP contribution in [-0.4, -0.2) is 33.9 Å². The van der Waals surface area contributed by atoms with E-state index in [1.165, 1.54) is 31.4 Å². The SMILES string of the molecule is COC(=O)c1ccc(NC(=O)CN(c2cc(C)cc(C)c2)S(=O)(=O)c2ccccc2)cc1. The Morgan fingerprint density at radius 2 is 1.50 bits per heavy atom. The van der Waals surface area contributed by atoms with Crippen molar-refractivity contribution in [1.29, 1.82) is 0 Å². The summed E-state index contributed by atoms with van der Waals surface area (Å²) in [6.45, 7) is 3.32. The van der Waals surface area contributed by atoms with Crippen molar-refractivity contribution < 1.29 is 22.7 Å². The van der Waals surface area contributed by atoms with E-state index in [4.69, 9.17) is 0 Å². The molecule has 8 heteroatoms. The molecule has 0 spiro atoms. The zero-order valence-corrected chi connectivity index (χ0v) is 18.8. The quantitative estimate of drug-likeness (QED) is 0.549. The van der Waals surface area contributed by atoms with E-state index in [0.717, 1.165) is 15.4 Å². The van der Waals surface area contributed by atoms with Gasteiger partial charge in [-0.15, -0.1) is 0 Å². The molecule has 1 N–H and O–H groups in total. The number of benzene rings is 3. The number of ether oxygens (including phenoxy) is 1. The molecule has 3 rings (SSSR count). The number of anilines is 2. The molecule has 166 valence electrons. The molecule has 0 unspecified atom stereocenters. The molecule has 0 radical (unpaired) electrons. The average Bonchev–Trinajstić information content (AvgIpc) is 2.77. The summed E-state index contributed by atoms with van der Waals surface area (Å²) in [4.78, 5) is 24.5. The van der Waals surface area contributed by atoms with Gasteiger partial charge in [0.05, 0.1) is 23.3 Å². The zero-order valence-electron chi connectivity index (χ0n) is 18.0. The van der Waals surface area contributed by atoms with Crippen molar-refractivity contribution in [1.82, 2.24) is 0 Å². The summed E-state index contributed by atoms with van der Waals surface area (Å²) in [6.07, 6.45) is 0. The smallest absolute Gasteiger partial charge is 0.337 e. The van der Waals surface area contributed by atoms with Gasteiger partial charge in [0.2, 0.25) is 5.91 Å². The van der Waals surface area contributed by atoms with Gasteiger partial charge in [0.15, 0.2) is 0 Å². The number of esters is 1. The number of nitrogens with one attached hydrogen (secondary N) is 1. The molecule has 0 heterocycles. The van der Waals surface area contributed by atoms with Crippen LogP contribution in [0.2, 0.25) is 0 Å². The number of carbonyl (C=O) groups is 2. The fourth-order valence-corrected chi connectivity index (χ4v) is 4.69. The average molecular weight is 453 g/mol. The van der Waals surface area contributed by atoms with Crippen LogP contribution in [0.1, 0.15) is 21.5 Å². The first-order chi connectivity index (χ1) is 15.2. The number of methoxy groups -OCH3 is 1. The van der Waals surface area contributed by atoms with Crippen LogP contribution < -0.4 is 9.62 Å². The van der Waals surface area contributed by atoms with Gasteiger partial charge in [0.25, 0.3) is 10.0 Å². The molecule has 0 atom stereocenters. The van der Waals surface area contributed by atoms with Crippen LogP contribution in [-0.2, 0) is 19.6 Å². The monoisotopic (exact) mass is 452 g/mol. The maximum atomic E-state index is 13.4. The molecule has 0 aliphatic heterocycles. The molecule has 0 aliphatic rings. The summed E-state index contributed by atoms with van der Waals surface area (Å²) in [7, 11) is -2.70. The number of amides is 1. The largest absolute Gasteiger partial charge is 0.465 e. The number of rotatable bonds is 7. The second-order valence-corrected chi connectivity index (χ2v) is 9.15. The van der Waals surface area contributed by atoms with E-state index in [9.17, 15) is 18.0 Å². The lowest BCUT2D eigenvalue weighted by atomic mass is 10.1.